The monoisotopic (exact) mass is 340 g/mol. The van der Waals surface area contributed by atoms with E-state index >= 15 is 0 Å². The summed E-state index contributed by atoms with van der Waals surface area (Å²) in [6.07, 6.45) is 2.99. The van der Waals surface area contributed by atoms with Crippen LogP contribution in [0.15, 0.2) is 28.7 Å². The molecule has 110 valence electrons. The molecular formula is C15H21BrN2O2. The molecule has 4 nitrogen and oxygen atoms in total. The molecule has 1 aliphatic rings. The molecule has 0 saturated carbocycles. The van der Waals surface area contributed by atoms with E-state index < -0.39 is 0 Å². The predicted molar refractivity (Wildman–Crippen MR) is 82.7 cm³/mol. The smallest absolute Gasteiger partial charge is 0.253 e. The fourth-order valence-electron chi connectivity index (χ4n) is 2.33. The maximum atomic E-state index is 12.3. The maximum Gasteiger partial charge on any atom is 0.253 e. The average molecular weight is 341 g/mol. The summed E-state index contributed by atoms with van der Waals surface area (Å²) in [5, 5.41) is 0. The lowest BCUT2D eigenvalue weighted by molar-refractivity contribution is 0.00845. The Kier molecular flexibility index (Phi) is 6.01. The molecule has 1 saturated heterocycles. The average Bonchev–Trinajstić information content (AvgIpc) is 2.48. The first-order valence-corrected chi connectivity index (χ1v) is 7.86. The minimum absolute atomic E-state index is 0.109. The minimum Gasteiger partial charge on any atom is -0.378 e. The topological polar surface area (TPSA) is 55.6 Å². The summed E-state index contributed by atoms with van der Waals surface area (Å²) in [5.41, 5.74) is 6.19. The second kappa shape index (κ2) is 7.76. The first-order valence-electron chi connectivity index (χ1n) is 7.07. The van der Waals surface area contributed by atoms with Crippen LogP contribution in [0.4, 0.5) is 0 Å². The Hall–Kier alpha value is -0.910. The Morgan fingerprint density at radius 1 is 1.30 bits per heavy atom. The normalized spacial score (nSPS) is 16.4. The van der Waals surface area contributed by atoms with Crippen LogP contribution in [0.1, 0.15) is 29.6 Å². The predicted octanol–water partition coefficient (Wildman–Crippen LogP) is 2.42. The lowest BCUT2D eigenvalue weighted by Crippen LogP contribution is -2.41. The van der Waals surface area contributed by atoms with Crippen molar-refractivity contribution in [3.8, 4) is 0 Å². The van der Waals surface area contributed by atoms with Crippen molar-refractivity contribution in [1.29, 1.82) is 0 Å². The fraction of sp³-hybridized carbons (Fsp3) is 0.533. The van der Waals surface area contributed by atoms with Gasteiger partial charge < -0.3 is 15.4 Å². The van der Waals surface area contributed by atoms with Gasteiger partial charge >= 0.3 is 0 Å². The van der Waals surface area contributed by atoms with Gasteiger partial charge in [0.2, 0.25) is 0 Å². The number of carbonyl (C=O) groups excluding carboxylic acids is 1. The molecule has 1 fully saturated rings. The lowest BCUT2D eigenvalue weighted by atomic mass is 10.1. The Balaban J connectivity index is 1.81. The molecule has 5 heteroatoms. The standard InChI is InChI=1S/C15H21BrN2O2/c16-13-4-2-12(3-5-13)15(19)18-9-6-14(7-10-18)20-11-1-8-17/h2-5,14H,1,6-11,17H2. The molecule has 1 amide bonds. The third-order valence-corrected chi connectivity index (χ3v) is 4.05. The summed E-state index contributed by atoms with van der Waals surface area (Å²) in [6, 6.07) is 7.51. The van der Waals surface area contributed by atoms with Gasteiger partial charge in [0.25, 0.3) is 5.91 Å². The van der Waals surface area contributed by atoms with Crippen LogP contribution in [-0.4, -0.2) is 43.2 Å². The molecule has 1 aromatic carbocycles. The summed E-state index contributed by atoms with van der Waals surface area (Å²) in [7, 11) is 0. The van der Waals surface area contributed by atoms with Gasteiger partial charge in [-0.05, 0) is 50.1 Å². The number of halogens is 1. The second-order valence-corrected chi connectivity index (χ2v) is 5.93. The highest BCUT2D eigenvalue weighted by atomic mass is 79.9. The van der Waals surface area contributed by atoms with E-state index in [-0.39, 0.29) is 12.0 Å². The van der Waals surface area contributed by atoms with E-state index in [0.717, 1.165) is 49.0 Å². The van der Waals surface area contributed by atoms with E-state index in [0.29, 0.717) is 6.54 Å². The maximum absolute atomic E-state index is 12.3. The highest BCUT2D eigenvalue weighted by molar-refractivity contribution is 9.10. The number of piperidine rings is 1. The van der Waals surface area contributed by atoms with Crippen molar-refractivity contribution in [2.75, 3.05) is 26.2 Å². The minimum atomic E-state index is 0.109. The number of benzene rings is 1. The van der Waals surface area contributed by atoms with Gasteiger partial charge in [0, 0.05) is 29.7 Å². The summed E-state index contributed by atoms with van der Waals surface area (Å²) in [6.45, 7) is 2.92. The molecule has 0 aliphatic carbocycles. The molecule has 0 bridgehead atoms. The van der Waals surface area contributed by atoms with Crippen molar-refractivity contribution in [1.82, 2.24) is 4.90 Å². The van der Waals surface area contributed by atoms with Gasteiger partial charge in [-0.2, -0.15) is 0 Å². The van der Waals surface area contributed by atoms with Gasteiger partial charge in [0.1, 0.15) is 0 Å². The van der Waals surface area contributed by atoms with E-state index in [1.165, 1.54) is 0 Å². The second-order valence-electron chi connectivity index (χ2n) is 5.01. The number of hydrogen-bond acceptors (Lipinski definition) is 3. The molecule has 2 rings (SSSR count). The van der Waals surface area contributed by atoms with E-state index in [2.05, 4.69) is 15.9 Å². The summed E-state index contributed by atoms with van der Waals surface area (Å²) < 4.78 is 6.74. The Morgan fingerprint density at radius 2 is 1.95 bits per heavy atom. The molecule has 1 aliphatic heterocycles. The van der Waals surface area contributed by atoms with Crippen LogP contribution < -0.4 is 5.73 Å². The fourth-order valence-corrected chi connectivity index (χ4v) is 2.60. The van der Waals surface area contributed by atoms with E-state index in [4.69, 9.17) is 10.5 Å². The van der Waals surface area contributed by atoms with E-state index in [1.54, 1.807) is 0 Å². The number of carbonyl (C=O) groups is 1. The van der Waals surface area contributed by atoms with Crippen LogP contribution in [0, 0.1) is 0 Å². The van der Waals surface area contributed by atoms with Gasteiger partial charge in [-0.3, -0.25) is 4.79 Å². The lowest BCUT2D eigenvalue weighted by Gasteiger charge is -2.32. The number of likely N-dealkylation sites (tertiary alicyclic amines) is 1. The van der Waals surface area contributed by atoms with Crippen LogP contribution in [0.5, 0.6) is 0 Å². The third-order valence-electron chi connectivity index (χ3n) is 3.52. The zero-order chi connectivity index (χ0) is 14.4. The molecule has 2 N–H and O–H groups in total. The zero-order valence-electron chi connectivity index (χ0n) is 11.6. The molecule has 0 spiro atoms. The van der Waals surface area contributed by atoms with Crippen LogP contribution in [0.25, 0.3) is 0 Å². The van der Waals surface area contributed by atoms with Crippen molar-refractivity contribution in [3.63, 3.8) is 0 Å². The highest BCUT2D eigenvalue weighted by Crippen LogP contribution is 2.18. The van der Waals surface area contributed by atoms with Crippen molar-refractivity contribution in [3.05, 3.63) is 34.3 Å². The number of rotatable bonds is 5. The number of hydrogen-bond donors (Lipinski definition) is 1. The van der Waals surface area contributed by atoms with Gasteiger partial charge in [-0.15, -0.1) is 0 Å². The van der Waals surface area contributed by atoms with E-state index in [1.807, 2.05) is 29.2 Å². The van der Waals surface area contributed by atoms with Crippen molar-refractivity contribution in [2.45, 2.75) is 25.4 Å². The summed E-state index contributed by atoms with van der Waals surface area (Å²) in [4.78, 5) is 14.2. The van der Waals surface area contributed by atoms with Crippen molar-refractivity contribution in [2.24, 2.45) is 5.73 Å². The Labute approximate surface area is 128 Å². The van der Waals surface area contributed by atoms with Gasteiger partial charge in [0.05, 0.1) is 6.10 Å². The highest BCUT2D eigenvalue weighted by Gasteiger charge is 2.23. The third kappa shape index (κ3) is 4.30. The van der Waals surface area contributed by atoms with Crippen LogP contribution in [0.2, 0.25) is 0 Å². The molecule has 0 aromatic heterocycles. The molecule has 0 atom stereocenters. The molecule has 20 heavy (non-hydrogen) atoms. The number of nitrogens with two attached hydrogens (primary N) is 1. The Morgan fingerprint density at radius 3 is 2.55 bits per heavy atom. The quantitative estimate of drug-likeness (QED) is 0.837. The number of nitrogens with zero attached hydrogens (tertiary/aromatic N) is 1. The van der Waals surface area contributed by atoms with Crippen molar-refractivity contribution < 1.29 is 9.53 Å². The van der Waals surface area contributed by atoms with Gasteiger partial charge in [-0.1, -0.05) is 15.9 Å². The van der Waals surface area contributed by atoms with Gasteiger partial charge in [-0.25, -0.2) is 0 Å². The molecular weight excluding hydrogens is 320 g/mol. The van der Waals surface area contributed by atoms with Crippen LogP contribution in [-0.2, 0) is 4.74 Å². The molecule has 1 aromatic rings. The van der Waals surface area contributed by atoms with Gasteiger partial charge in [0.15, 0.2) is 0 Å². The summed E-state index contributed by atoms with van der Waals surface area (Å²) in [5.74, 6) is 0.109. The van der Waals surface area contributed by atoms with Crippen LogP contribution in [0.3, 0.4) is 0 Å². The SMILES string of the molecule is NCCCOC1CCN(C(=O)c2ccc(Br)cc2)CC1. The summed E-state index contributed by atoms with van der Waals surface area (Å²) >= 11 is 3.38. The van der Waals surface area contributed by atoms with E-state index in [9.17, 15) is 4.79 Å². The first kappa shape index (κ1) is 15.5. The Bertz CT molecular complexity index is 428. The molecule has 0 unspecified atom stereocenters. The first-order chi connectivity index (χ1) is 9.70. The van der Waals surface area contributed by atoms with Crippen molar-refractivity contribution >= 4 is 21.8 Å². The largest absolute Gasteiger partial charge is 0.378 e. The number of amides is 1. The number of ether oxygens (including phenoxy) is 1. The zero-order valence-corrected chi connectivity index (χ0v) is 13.1. The van der Waals surface area contributed by atoms with Crippen LogP contribution >= 0.6 is 15.9 Å². The molecule has 0 radical (unpaired) electrons. The molecule has 1 heterocycles.